The van der Waals surface area contributed by atoms with Crippen molar-refractivity contribution < 1.29 is 19.5 Å². The van der Waals surface area contributed by atoms with Gasteiger partial charge in [0.25, 0.3) is 0 Å². The van der Waals surface area contributed by atoms with Gasteiger partial charge < -0.3 is 10.4 Å². The van der Waals surface area contributed by atoms with Crippen LogP contribution in [0, 0.1) is 5.41 Å². The highest BCUT2D eigenvalue weighted by molar-refractivity contribution is 6.05. The van der Waals surface area contributed by atoms with E-state index in [1.165, 1.54) is 0 Å². The van der Waals surface area contributed by atoms with E-state index < -0.39 is 17.4 Å². The summed E-state index contributed by atoms with van der Waals surface area (Å²) in [5.74, 6) is -1.67. The molecule has 0 saturated carbocycles. The fourth-order valence-corrected chi connectivity index (χ4v) is 2.00. The van der Waals surface area contributed by atoms with Crippen LogP contribution in [0.4, 0.5) is 0 Å². The smallest absolute Gasteiger partial charge is 0.322 e. The molecule has 0 radical (unpaired) electrons. The van der Waals surface area contributed by atoms with Gasteiger partial charge >= 0.3 is 5.97 Å². The van der Waals surface area contributed by atoms with Crippen LogP contribution in [0.1, 0.15) is 34.1 Å². The van der Waals surface area contributed by atoms with Crippen molar-refractivity contribution in [3.8, 4) is 0 Å². The predicted octanol–water partition coefficient (Wildman–Crippen LogP) is 0.223. The Morgan fingerprint density at radius 1 is 1.44 bits per heavy atom. The van der Waals surface area contributed by atoms with Crippen molar-refractivity contribution in [2.45, 2.75) is 46.2 Å². The molecule has 102 valence electrons. The number of hydrogen-bond acceptors (Lipinski definition) is 4. The molecule has 6 nitrogen and oxygen atoms in total. The summed E-state index contributed by atoms with van der Waals surface area (Å²) in [7, 11) is 0. The van der Waals surface area contributed by atoms with Gasteiger partial charge in [-0.25, -0.2) is 0 Å². The fourth-order valence-electron chi connectivity index (χ4n) is 2.00. The predicted molar refractivity (Wildman–Crippen MR) is 64.8 cm³/mol. The number of rotatable bonds is 5. The normalized spacial score (nSPS) is 20.6. The van der Waals surface area contributed by atoms with E-state index in [9.17, 15) is 14.4 Å². The molecule has 2 amide bonds. The van der Waals surface area contributed by atoms with Gasteiger partial charge in [-0.2, -0.15) is 0 Å². The third-order valence-corrected chi connectivity index (χ3v) is 2.92. The highest BCUT2D eigenvalue weighted by atomic mass is 16.4. The number of likely N-dealkylation sites (tertiary alicyclic amines) is 1. The number of carboxylic acids is 1. The lowest BCUT2D eigenvalue weighted by molar-refractivity contribution is -0.144. The molecule has 1 aliphatic heterocycles. The van der Waals surface area contributed by atoms with E-state index in [4.69, 9.17) is 5.11 Å². The van der Waals surface area contributed by atoms with E-state index in [-0.39, 0.29) is 30.8 Å². The lowest BCUT2D eigenvalue weighted by atomic mass is 9.92. The molecule has 0 bridgehead atoms. The monoisotopic (exact) mass is 256 g/mol. The Kier molecular flexibility index (Phi) is 4.11. The lowest BCUT2D eigenvalue weighted by Crippen LogP contribution is -2.50. The summed E-state index contributed by atoms with van der Waals surface area (Å²) in [6.07, 6.45) is 0.139. The maximum Gasteiger partial charge on any atom is 0.322 e. The molecule has 1 rings (SSSR count). The number of hydrogen-bond donors (Lipinski definition) is 2. The van der Waals surface area contributed by atoms with Crippen LogP contribution in [0.2, 0.25) is 0 Å². The van der Waals surface area contributed by atoms with E-state index in [0.717, 1.165) is 4.90 Å². The maximum absolute atomic E-state index is 12.0. The Hall–Kier alpha value is -1.43. The Morgan fingerprint density at radius 3 is 2.33 bits per heavy atom. The van der Waals surface area contributed by atoms with Crippen molar-refractivity contribution in [3.63, 3.8) is 0 Å². The number of amides is 2. The molecule has 0 aromatic carbocycles. The van der Waals surface area contributed by atoms with E-state index in [2.05, 4.69) is 5.32 Å². The van der Waals surface area contributed by atoms with E-state index in [1.807, 2.05) is 13.8 Å². The van der Waals surface area contributed by atoms with Crippen LogP contribution in [0.5, 0.6) is 0 Å². The van der Waals surface area contributed by atoms with E-state index in [1.54, 1.807) is 13.8 Å². The van der Waals surface area contributed by atoms with Crippen molar-refractivity contribution >= 4 is 17.8 Å². The summed E-state index contributed by atoms with van der Waals surface area (Å²) in [5, 5.41) is 11.9. The molecule has 6 heteroatoms. The molecule has 0 aromatic heterocycles. The molecule has 0 aliphatic carbocycles. The molecule has 1 aliphatic rings. The number of aliphatic carboxylic acids is 1. The standard InChI is InChI=1S/C12H20N2O4/c1-7(2)13-8(10(16)17)6-14-9(15)5-12(3,4)11(14)18/h7-8,13H,5-6H2,1-4H3,(H,16,17). The number of imide groups is 1. The molecule has 0 aromatic rings. The van der Waals surface area contributed by atoms with Gasteiger partial charge in [-0.15, -0.1) is 0 Å². The second-order valence-corrected chi connectivity index (χ2v) is 5.58. The fraction of sp³-hybridized carbons (Fsp3) is 0.750. The van der Waals surface area contributed by atoms with Crippen LogP contribution in [0.3, 0.4) is 0 Å². The summed E-state index contributed by atoms with van der Waals surface area (Å²) < 4.78 is 0. The van der Waals surface area contributed by atoms with Crippen LogP contribution < -0.4 is 5.32 Å². The topological polar surface area (TPSA) is 86.7 Å². The summed E-state index contributed by atoms with van der Waals surface area (Å²) >= 11 is 0. The molecule has 1 atom stereocenters. The minimum Gasteiger partial charge on any atom is -0.480 e. The zero-order chi connectivity index (χ0) is 14.1. The molecular weight excluding hydrogens is 236 g/mol. The van der Waals surface area contributed by atoms with Crippen LogP contribution in [0.15, 0.2) is 0 Å². The first-order valence-electron chi connectivity index (χ1n) is 5.99. The molecular formula is C12H20N2O4. The Balaban J connectivity index is 2.79. The molecule has 18 heavy (non-hydrogen) atoms. The molecule has 1 heterocycles. The zero-order valence-corrected chi connectivity index (χ0v) is 11.2. The number of carbonyl (C=O) groups excluding carboxylic acids is 2. The summed E-state index contributed by atoms with van der Waals surface area (Å²) in [6.45, 7) is 6.90. The number of carbonyl (C=O) groups is 3. The van der Waals surface area contributed by atoms with Crippen LogP contribution in [-0.4, -0.2) is 46.4 Å². The lowest BCUT2D eigenvalue weighted by Gasteiger charge is -2.23. The summed E-state index contributed by atoms with van der Waals surface area (Å²) in [5.41, 5.74) is -0.724. The summed E-state index contributed by atoms with van der Waals surface area (Å²) in [6, 6.07) is -0.960. The van der Waals surface area contributed by atoms with Gasteiger partial charge in [0.2, 0.25) is 11.8 Å². The SMILES string of the molecule is CC(C)NC(CN1C(=O)CC(C)(C)C1=O)C(=O)O. The van der Waals surface area contributed by atoms with E-state index >= 15 is 0 Å². The Labute approximate surface area is 106 Å². The van der Waals surface area contributed by atoms with Gasteiger partial charge in [-0.05, 0) is 0 Å². The van der Waals surface area contributed by atoms with Crippen molar-refractivity contribution in [3.05, 3.63) is 0 Å². The van der Waals surface area contributed by atoms with Gasteiger partial charge in [0.1, 0.15) is 6.04 Å². The number of nitrogens with one attached hydrogen (secondary N) is 1. The third-order valence-electron chi connectivity index (χ3n) is 2.92. The van der Waals surface area contributed by atoms with Crippen LogP contribution in [-0.2, 0) is 14.4 Å². The van der Waals surface area contributed by atoms with Crippen LogP contribution in [0.25, 0.3) is 0 Å². The van der Waals surface area contributed by atoms with E-state index in [0.29, 0.717) is 0 Å². The summed E-state index contributed by atoms with van der Waals surface area (Å²) in [4.78, 5) is 35.8. The molecule has 1 fully saturated rings. The molecule has 2 N–H and O–H groups in total. The third kappa shape index (κ3) is 3.07. The minimum atomic E-state index is -1.06. The van der Waals surface area contributed by atoms with Gasteiger partial charge in [-0.3, -0.25) is 19.3 Å². The number of carboxylic acid groups (broad SMARTS) is 1. The largest absolute Gasteiger partial charge is 0.480 e. The van der Waals surface area contributed by atoms with Gasteiger partial charge in [-0.1, -0.05) is 27.7 Å². The Morgan fingerprint density at radius 2 is 2.00 bits per heavy atom. The average Bonchev–Trinajstić information content (AvgIpc) is 2.38. The first-order chi connectivity index (χ1) is 8.15. The first kappa shape index (κ1) is 14.6. The number of nitrogens with zero attached hydrogens (tertiary/aromatic N) is 1. The quantitative estimate of drug-likeness (QED) is 0.687. The molecule has 0 spiro atoms. The van der Waals surface area contributed by atoms with Gasteiger partial charge in [0.05, 0.1) is 12.0 Å². The van der Waals surface area contributed by atoms with Crippen molar-refractivity contribution in [2.24, 2.45) is 5.41 Å². The van der Waals surface area contributed by atoms with Crippen LogP contribution >= 0.6 is 0 Å². The second-order valence-electron chi connectivity index (χ2n) is 5.58. The highest BCUT2D eigenvalue weighted by Crippen LogP contribution is 2.31. The molecule has 1 unspecified atom stereocenters. The molecule has 1 saturated heterocycles. The van der Waals surface area contributed by atoms with Crippen molar-refractivity contribution in [1.82, 2.24) is 10.2 Å². The van der Waals surface area contributed by atoms with Gasteiger partial charge in [0.15, 0.2) is 0 Å². The second kappa shape index (κ2) is 5.06. The maximum atomic E-state index is 12.0. The zero-order valence-electron chi connectivity index (χ0n) is 11.2. The first-order valence-corrected chi connectivity index (χ1v) is 5.99. The van der Waals surface area contributed by atoms with Crippen molar-refractivity contribution in [1.29, 1.82) is 0 Å². The van der Waals surface area contributed by atoms with Crippen molar-refractivity contribution in [2.75, 3.05) is 6.54 Å². The Bertz CT molecular complexity index is 376. The van der Waals surface area contributed by atoms with Gasteiger partial charge in [0, 0.05) is 12.5 Å². The average molecular weight is 256 g/mol. The minimum absolute atomic E-state index is 0.0353. The highest BCUT2D eigenvalue weighted by Gasteiger charge is 2.45.